The van der Waals surface area contributed by atoms with Gasteiger partial charge in [-0.05, 0) is 38.6 Å². The van der Waals surface area contributed by atoms with E-state index in [-0.39, 0.29) is 5.56 Å². The summed E-state index contributed by atoms with van der Waals surface area (Å²) in [5.74, 6) is -1.15. The number of aryl methyl sites for hydroxylation is 2. The summed E-state index contributed by atoms with van der Waals surface area (Å²) in [6.07, 6.45) is 1.68. The molecule has 0 unspecified atom stereocenters. The summed E-state index contributed by atoms with van der Waals surface area (Å²) in [5.41, 5.74) is 0.334. The molecule has 1 heterocycles. The summed E-state index contributed by atoms with van der Waals surface area (Å²) in [5, 5.41) is 12.0. The second-order valence-corrected chi connectivity index (χ2v) is 5.32. The summed E-state index contributed by atoms with van der Waals surface area (Å²) in [4.78, 5) is 0. The van der Waals surface area contributed by atoms with Crippen LogP contribution in [0.1, 0.15) is 17.0 Å². The average molecular weight is 283 g/mol. The minimum absolute atomic E-state index is 0.0719. The van der Waals surface area contributed by atoms with Crippen LogP contribution in [0.5, 0.6) is 0 Å². The first-order chi connectivity index (χ1) is 9.13. The number of rotatable bonds is 5. The number of hydrogen-bond acceptors (Lipinski definition) is 4. The predicted octanol–water partition coefficient (Wildman–Crippen LogP) is 2.94. The Morgan fingerprint density at radius 2 is 2.05 bits per heavy atom. The third-order valence-corrected chi connectivity index (χ3v) is 3.78. The summed E-state index contributed by atoms with van der Waals surface area (Å²) >= 11 is 1.24. The lowest BCUT2D eigenvalue weighted by Crippen LogP contribution is -2.08. The zero-order valence-corrected chi connectivity index (χ0v) is 11.7. The molecule has 1 aromatic heterocycles. The van der Waals surface area contributed by atoms with Crippen LogP contribution in [0.2, 0.25) is 0 Å². The quantitative estimate of drug-likeness (QED) is 0.857. The molecular weight excluding hydrogens is 268 g/mol. The van der Waals surface area contributed by atoms with Gasteiger partial charge in [0.2, 0.25) is 0 Å². The average Bonchev–Trinajstić information content (AvgIpc) is 2.83. The third kappa shape index (κ3) is 3.13. The molecule has 19 heavy (non-hydrogen) atoms. The molecule has 0 radical (unpaired) electrons. The number of halogens is 2. The first kappa shape index (κ1) is 14.0. The molecule has 0 aliphatic carbocycles. The van der Waals surface area contributed by atoms with Crippen molar-refractivity contribution in [3.63, 3.8) is 0 Å². The number of aromatic nitrogens is 2. The molecule has 0 spiro atoms. The first-order valence-electron chi connectivity index (χ1n) is 6.05. The van der Waals surface area contributed by atoms with E-state index in [0.29, 0.717) is 10.6 Å². The Hall–Kier alpha value is -1.40. The van der Waals surface area contributed by atoms with E-state index < -0.39 is 11.6 Å². The van der Waals surface area contributed by atoms with Crippen LogP contribution in [0.25, 0.3) is 10.6 Å². The summed E-state index contributed by atoms with van der Waals surface area (Å²) < 4.78 is 27.7. The van der Waals surface area contributed by atoms with Crippen LogP contribution in [0.4, 0.5) is 8.78 Å². The van der Waals surface area contributed by atoms with Gasteiger partial charge in [-0.1, -0.05) is 17.4 Å². The maximum atomic E-state index is 14.0. The van der Waals surface area contributed by atoms with Gasteiger partial charge in [0.05, 0.1) is 5.56 Å². The standard InChI is InChI=1S/C13H15F2N3S/c1-8-5-6-9(14)11(12(8)15)13-18-17-10(19-13)4-3-7-16-2/h5-6,16H,3-4,7H2,1-2H3. The van der Waals surface area contributed by atoms with Crippen LogP contribution in [0.3, 0.4) is 0 Å². The molecular formula is C13H15F2N3S. The molecule has 102 valence electrons. The largest absolute Gasteiger partial charge is 0.320 e. The van der Waals surface area contributed by atoms with Crippen molar-refractivity contribution in [2.45, 2.75) is 19.8 Å². The number of nitrogens with zero attached hydrogens (tertiary/aromatic N) is 2. The van der Waals surface area contributed by atoms with E-state index in [0.717, 1.165) is 24.4 Å². The lowest BCUT2D eigenvalue weighted by molar-refractivity contribution is 0.583. The minimum atomic E-state index is -0.596. The van der Waals surface area contributed by atoms with Crippen molar-refractivity contribution >= 4 is 11.3 Å². The van der Waals surface area contributed by atoms with Crippen molar-refractivity contribution < 1.29 is 8.78 Å². The van der Waals surface area contributed by atoms with Gasteiger partial charge in [0.15, 0.2) is 5.01 Å². The van der Waals surface area contributed by atoms with Crippen molar-refractivity contribution in [2.24, 2.45) is 0 Å². The highest BCUT2D eigenvalue weighted by Gasteiger charge is 2.17. The van der Waals surface area contributed by atoms with E-state index in [1.54, 1.807) is 6.92 Å². The second kappa shape index (κ2) is 6.16. The van der Waals surface area contributed by atoms with E-state index in [1.807, 2.05) is 7.05 Å². The maximum absolute atomic E-state index is 14.0. The van der Waals surface area contributed by atoms with Crippen molar-refractivity contribution in [2.75, 3.05) is 13.6 Å². The highest BCUT2D eigenvalue weighted by Crippen LogP contribution is 2.30. The van der Waals surface area contributed by atoms with Crippen molar-refractivity contribution in [1.82, 2.24) is 15.5 Å². The van der Waals surface area contributed by atoms with Gasteiger partial charge in [-0.25, -0.2) is 8.78 Å². The fourth-order valence-corrected chi connectivity index (χ4v) is 2.65. The molecule has 1 aromatic carbocycles. The van der Waals surface area contributed by atoms with E-state index in [1.165, 1.54) is 23.5 Å². The maximum Gasteiger partial charge on any atom is 0.153 e. The van der Waals surface area contributed by atoms with Gasteiger partial charge in [0.25, 0.3) is 0 Å². The molecule has 0 amide bonds. The monoisotopic (exact) mass is 283 g/mol. The Morgan fingerprint density at radius 1 is 1.26 bits per heavy atom. The number of nitrogens with one attached hydrogen (secondary N) is 1. The van der Waals surface area contributed by atoms with Crippen LogP contribution in [0.15, 0.2) is 12.1 Å². The molecule has 2 rings (SSSR count). The van der Waals surface area contributed by atoms with Gasteiger partial charge in [0.1, 0.15) is 16.6 Å². The molecule has 0 aliphatic heterocycles. The Balaban J connectivity index is 2.25. The van der Waals surface area contributed by atoms with Gasteiger partial charge >= 0.3 is 0 Å². The fourth-order valence-electron chi connectivity index (χ4n) is 1.72. The first-order valence-corrected chi connectivity index (χ1v) is 6.87. The van der Waals surface area contributed by atoms with Crippen LogP contribution in [-0.4, -0.2) is 23.8 Å². The zero-order chi connectivity index (χ0) is 13.8. The molecule has 0 bridgehead atoms. The summed E-state index contributed by atoms with van der Waals surface area (Å²) in [7, 11) is 1.88. The van der Waals surface area contributed by atoms with E-state index in [2.05, 4.69) is 15.5 Å². The Labute approximate surface area is 114 Å². The summed E-state index contributed by atoms with van der Waals surface area (Å²) in [6.45, 7) is 2.48. The Bertz CT molecular complexity index is 569. The fraction of sp³-hybridized carbons (Fsp3) is 0.385. The Kier molecular flexibility index (Phi) is 4.55. The molecule has 0 saturated carbocycles. The van der Waals surface area contributed by atoms with Crippen molar-refractivity contribution in [3.05, 3.63) is 34.3 Å². The molecule has 6 heteroatoms. The molecule has 0 aliphatic rings. The van der Waals surface area contributed by atoms with Gasteiger partial charge in [-0.3, -0.25) is 0 Å². The molecule has 0 atom stereocenters. The highest BCUT2D eigenvalue weighted by atomic mass is 32.1. The van der Waals surface area contributed by atoms with Crippen molar-refractivity contribution in [1.29, 1.82) is 0 Å². The second-order valence-electron chi connectivity index (χ2n) is 4.26. The van der Waals surface area contributed by atoms with E-state index in [4.69, 9.17) is 0 Å². The molecule has 0 fully saturated rings. The molecule has 1 N–H and O–H groups in total. The Morgan fingerprint density at radius 3 is 2.79 bits per heavy atom. The third-order valence-electron chi connectivity index (χ3n) is 2.78. The van der Waals surface area contributed by atoms with E-state index >= 15 is 0 Å². The van der Waals surface area contributed by atoms with Crippen LogP contribution < -0.4 is 5.32 Å². The predicted molar refractivity (Wildman–Crippen MR) is 72.2 cm³/mol. The van der Waals surface area contributed by atoms with Gasteiger partial charge < -0.3 is 5.32 Å². The zero-order valence-electron chi connectivity index (χ0n) is 10.8. The van der Waals surface area contributed by atoms with Crippen LogP contribution in [-0.2, 0) is 6.42 Å². The van der Waals surface area contributed by atoms with Crippen LogP contribution in [0, 0.1) is 18.6 Å². The lowest BCUT2D eigenvalue weighted by Gasteiger charge is -2.03. The van der Waals surface area contributed by atoms with Gasteiger partial charge in [-0.2, -0.15) is 0 Å². The van der Waals surface area contributed by atoms with Crippen molar-refractivity contribution in [3.8, 4) is 10.6 Å². The highest BCUT2D eigenvalue weighted by molar-refractivity contribution is 7.14. The normalized spacial score (nSPS) is 10.9. The number of hydrogen-bond donors (Lipinski definition) is 1. The van der Waals surface area contributed by atoms with Crippen LogP contribution >= 0.6 is 11.3 Å². The minimum Gasteiger partial charge on any atom is -0.320 e. The smallest absolute Gasteiger partial charge is 0.153 e. The molecule has 3 nitrogen and oxygen atoms in total. The molecule has 0 saturated heterocycles. The van der Waals surface area contributed by atoms with E-state index in [9.17, 15) is 8.78 Å². The van der Waals surface area contributed by atoms with Gasteiger partial charge in [-0.15, -0.1) is 10.2 Å². The lowest BCUT2D eigenvalue weighted by atomic mass is 10.1. The topological polar surface area (TPSA) is 37.8 Å². The molecule has 2 aromatic rings. The summed E-state index contributed by atoms with van der Waals surface area (Å²) in [6, 6.07) is 2.68. The van der Waals surface area contributed by atoms with Gasteiger partial charge in [0, 0.05) is 6.42 Å². The SMILES string of the molecule is CNCCCc1nnc(-c2c(F)ccc(C)c2F)s1. The number of benzene rings is 1.